The molecule has 0 spiro atoms. The van der Waals surface area contributed by atoms with E-state index in [-0.39, 0.29) is 0 Å². The predicted octanol–water partition coefficient (Wildman–Crippen LogP) is 1.70. The highest BCUT2D eigenvalue weighted by Crippen LogP contribution is 2.28. The number of carbonyl (C=O) groups is 1. The van der Waals surface area contributed by atoms with Crippen molar-refractivity contribution >= 4 is 11.7 Å². The molecule has 1 aromatic rings. The molecule has 0 fully saturated rings. The smallest absolute Gasteiger partial charge is 0.310 e. The van der Waals surface area contributed by atoms with E-state index < -0.39 is 11.4 Å². The number of fused-ring (bicyclic) bond motifs is 1. The molecular weight excluding hydrogens is 216 g/mol. The quantitative estimate of drug-likeness (QED) is 0.781. The maximum Gasteiger partial charge on any atom is 0.310 e. The minimum Gasteiger partial charge on any atom is -0.481 e. The molecule has 0 aromatic heterocycles. The summed E-state index contributed by atoms with van der Waals surface area (Å²) in [6.07, 6.45) is 0. The molecule has 0 saturated carbocycles. The fourth-order valence-corrected chi connectivity index (χ4v) is 2.22. The zero-order valence-electron chi connectivity index (χ0n) is 10.2. The first-order valence-corrected chi connectivity index (χ1v) is 5.71. The van der Waals surface area contributed by atoms with E-state index in [0.717, 1.165) is 18.8 Å². The van der Waals surface area contributed by atoms with Gasteiger partial charge in [0.1, 0.15) is 0 Å². The first kappa shape index (κ1) is 11.9. The van der Waals surface area contributed by atoms with Crippen LogP contribution in [0.25, 0.3) is 0 Å². The Balaban J connectivity index is 2.08. The normalized spacial score (nSPS) is 15.9. The molecule has 4 heteroatoms. The molecule has 1 aliphatic rings. The largest absolute Gasteiger partial charge is 0.481 e. The zero-order valence-corrected chi connectivity index (χ0v) is 10.2. The van der Waals surface area contributed by atoms with Gasteiger partial charge in [0, 0.05) is 25.3 Å². The van der Waals surface area contributed by atoms with Crippen LogP contribution in [0, 0.1) is 5.41 Å². The third-order valence-corrected chi connectivity index (χ3v) is 3.22. The summed E-state index contributed by atoms with van der Waals surface area (Å²) in [7, 11) is 0. The third kappa shape index (κ3) is 2.42. The maximum atomic E-state index is 11.1. The first-order chi connectivity index (χ1) is 7.88. The van der Waals surface area contributed by atoms with Crippen LogP contribution in [0.15, 0.2) is 18.2 Å². The van der Waals surface area contributed by atoms with E-state index >= 15 is 0 Å². The van der Waals surface area contributed by atoms with Gasteiger partial charge < -0.3 is 10.8 Å². The number of carboxylic acids is 1. The third-order valence-electron chi connectivity index (χ3n) is 3.22. The average Bonchev–Trinajstić information content (AvgIpc) is 2.57. The van der Waals surface area contributed by atoms with Crippen molar-refractivity contribution in [2.75, 3.05) is 12.3 Å². The van der Waals surface area contributed by atoms with E-state index in [2.05, 4.69) is 4.90 Å². The lowest BCUT2D eigenvalue weighted by Gasteiger charge is -2.25. The number of nitrogen functional groups attached to an aromatic ring is 1. The van der Waals surface area contributed by atoms with Gasteiger partial charge in [-0.15, -0.1) is 0 Å². The van der Waals surface area contributed by atoms with Gasteiger partial charge in [0.2, 0.25) is 0 Å². The molecule has 0 atom stereocenters. The molecule has 1 aliphatic heterocycles. The fraction of sp³-hybridized carbons (Fsp3) is 0.462. The topological polar surface area (TPSA) is 66.6 Å². The number of aliphatic carboxylic acids is 1. The monoisotopic (exact) mass is 234 g/mol. The van der Waals surface area contributed by atoms with Gasteiger partial charge in [0.25, 0.3) is 0 Å². The van der Waals surface area contributed by atoms with Crippen LogP contribution in [0.3, 0.4) is 0 Å². The summed E-state index contributed by atoms with van der Waals surface area (Å²) in [6.45, 7) is 5.67. The van der Waals surface area contributed by atoms with Crippen LogP contribution in [0.4, 0.5) is 5.69 Å². The van der Waals surface area contributed by atoms with E-state index in [1.807, 2.05) is 18.2 Å². The van der Waals surface area contributed by atoms with Gasteiger partial charge in [-0.3, -0.25) is 9.69 Å². The van der Waals surface area contributed by atoms with Crippen molar-refractivity contribution in [3.05, 3.63) is 29.3 Å². The molecule has 0 unspecified atom stereocenters. The molecule has 0 aliphatic carbocycles. The van der Waals surface area contributed by atoms with Crippen LogP contribution in [-0.2, 0) is 17.9 Å². The Bertz CT molecular complexity index is 455. The Kier molecular flexibility index (Phi) is 2.83. The molecule has 0 radical (unpaired) electrons. The van der Waals surface area contributed by atoms with Gasteiger partial charge in [-0.1, -0.05) is 6.07 Å². The summed E-state index contributed by atoms with van der Waals surface area (Å²) in [5, 5.41) is 9.12. The van der Waals surface area contributed by atoms with Crippen molar-refractivity contribution in [3.63, 3.8) is 0 Å². The molecule has 0 saturated heterocycles. The number of hydrogen-bond donors (Lipinski definition) is 2. The molecule has 1 heterocycles. The van der Waals surface area contributed by atoms with E-state index in [0.29, 0.717) is 6.54 Å². The molecular formula is C13H18N2O2. The van der Waals surface area contributed by atoms with Gasteiger partial charge in [0.15, 0.2) is 0 Å². The van der Waals surface area contributed by atoms with Crippen molar-refractivity contribution in [1.82, 2.24) is 4.90 Å². The van der Waals surface area contributed by atoms with E-state index in [1.54, 1.807) is 13.8 Å². The van der Waals surface area contributed by atoms with Gasteiger partial charge in [0.05, 0.1) is 5.41 Å². The minimum atomic E-state index is -0.757. The second kappa shape index (κ2) is 4.04. The first-order valence-electron chi connectivity index (χ1n) is 5.71. The van der Waals surface area contributed by atoms with Crippen LogP contribution in [0.1, 0.15) is 25.0 Å². The van der Waals surface area contributed by atoms with Gasteiger partial charge in [-0.2, -0.15) is 0 Å². The predicted molar refractivity (Wildman–Crippen MR) is 66.4 cm³/mol. The highest BCUT2D eigenvalue weighted by Gasteiger charge is 2.32. The van der Waals surface area contributed by atoms with Gasteiger partial charge in [-0.25, -0.2) is 0 Å². The number of nitrogens with zero attached hydrogens (tertiary/aromatic N) is 1. The van der Waals surface area contributed by atoms with Crippen molar-refractivity contribution in [2.24, 2.45) is 5.41 Å². The van der Waals surface area contributed by atoms with Crippen LogP contribution >= 0.6 is 0 Å². The summed E-state index contributed by atoms with van der Waals surface area (Å²) in [5.74, 6) is -0.757. The molecule has 17 heavy (non-hydrogen) atoms. The number of hydrogen-bond acceptors (Lipinski definition) is 3. The number of rotatable bonds is 3. The van der Waals surface area contributed by atoms with E-state index in [1.165, 1.54) is 11.1 Å². The molecule has 3 N–H and O–H groups in total. The highest BCUT2D eigenvalue weighted by molar-refractivity contribution is 5.73. The second-order valence-corrected chi connectivity index (χ2v) is 5.36. The van der Waals surface area contributed by atoms with E-state index in [9.17, 15) is 4.79 Å². The van der Waals surface area contributed by atoms with Crippen molar-refractivity contribution in [1.29, 1.82) is 0 Å². The van der Waals surface area contributed by atoms with Crippen molar-refractivity contribution in [3.8, 4) is 0 Å². The second-order valence-electron chi connectivity index (χ2n) is 5.36. The highest BCUT2D eigenvalue weighted by atomic mass is 16.4. The number of anilines is 1. The Morgan fingerprint density at radius 1 is 1.41 bits per heavy atom. The molecule has 0 amide bonds. The summed E-state index contributed by atoms with van der Waals surface area (Å²) in [5.41, 5.74) is 8.26. The van der Waals surface area contributed by atoms with Crippen molar-refractivity contribution < 1.29 is 9.90 Å². The Morgan fingerprint density at radius 3 is 2.71 bits per heavy atom. The zero-order chi connectivity index (χ0) is 12.6. The standard InChI is InChI=1S/C13H18N2O2/c1-13(2,12(16)17)8-15-6-9-3-4-11(14)5-10(9)7-15/h3-5H,6-8,14H2,1-2H3,(H,16,17). The summed E-state index contributed by atoms with van der Waals surface area (Å²) < 4.78 is 0. The maximum absolute atomic E-state index is 11.1. The Hall–Kier alpha value is -1.55. The lowest BCUT2D eigenvalue weighted by molar-refractivity contribution is -0.148. The number of carboxylic acid groups (broad SMARTS) is 1. The van der Waals surface area contributed by atoms with Crippen LogP contribution in [0.2, 0.25) is 0 Å². The molecule has 92 valence electrons. The fourth-order valence-electron chi connectivity index (χ4n) is 2.22. The molecule has 0 bridgehead atoms. The lowest BCUT2D eigenvalue weighted by Crippen LogP contribution is -2.36. The minimum absolute atomic E-state index is 0.552. The van der Waals surface area contributed by atoms with Gasteiger partial charge in [-0.05, 0) is 37.1 Å². The molecule has 1 aromatic carbocycles. The van der Waals surface area contributed by atoms with Crippen LogP contribution in [-0.4, -0.2) is 22.5 Å². The summed E-state index contributed by atoms with van der Waals surface area (Å²) in [4.78, 5) is 13.2. The SMILES string of the molecule is CC(C)(CN1Cc2ccc(N)cc2C1)C(=O)O. The van der Waals surface area contributed by atoms with Crippen molar-refractivity contribution in [2.45, 2.75) is 26.9 Å². The number of benzene rings is 1. The Labute approximate surface area is 101 Å². The number of nitrogens with two attached hydrogens (primary N) is 1. The van der Waals surface area contributed by atoms with Crippen LogP contribution < -0.4 is 5.73 Å². The Morgan fingerprint density at radius 2 is 2.06 bits per heavy atom. The molecule has 4 nitrogen and oxygen atoms in total. The van der Waals surface area contributed by atoms with Crippen LogP contribution in [0.5, 0.6) is 0 Å². The summed E-state index contributed by atoms with van der Waals surface area (Å²) >= 11 is 0. The molecule has 2 rings (SSSR count). The van der Waals surface area contributed by atoms with Gasteiger partial charge >= 0.3 is 5.97 Å². The average molecular weight is 234 g/mol. The summed E-state index contributed by atoms with van der Waals surface area (Å²) in [6, 6.07) is 5.90. The van der Waals surface area contributed by atoms with E-state index in [4.69, 9.17) is 10.8 Å². The lowest BCUT2D eigenvalue weighted by atomic mass is 9.93.